The number of ketones is 1. The topological polar surface area (TPSA) is 159 Å². The van der Waals surface area contributed by atoms with Gasteiger partial charge in [0.15, 0.2) is 5.78 Å². The van der Waals surface area contributed by atoms with Crippen LogP contribution in [-0.2, 0) is 0 Å². The highest BCUT2D eigenvalue weighted by atomic mass is 127. The Morgan fingerprint density at radius 2 is 1.48 bits per heavy atom. The van der Waals surface area contributed by atoms with E-state index in [9.17, 15) is 24.6 Å². The average molecular weight is 796 g/mol. The first-order valence-electron chi connectivity index (χ1n) is 8.70. The lowest BCUT2D eigenvalue weighted by Crippen LogP contribution is -2.46. The van der Waals surface area contributed by atoms with Crippen LogP contribution < -0.4 is 10.7 Å². The highest BCUT2D eigenvalue weighted by molar-refractivity contribution is 14.1. The number of hydrogen-bond acceptors (Lipinski definition) is 8. The van der Waals surface area contributed by atoms with Crippen molar-refractivity contribution in [3.63, 3.8) is 0 Å². The molecular weight excluding hydrogens is 774 g/mol. The molecule has 31 heavy (non-hydrogen) atoms. The fourth-order valence-corrected chi connectivity index (χ4v) is 7.26. The number of alkyl halides is 1. The van der Waals surface area contributed by atoms with Crippen LogP contribution in [0, 0.1) is 10.7 Å². The molecule has 0 saturated carbocycles. The molecular formula is C17H21ClI3N3O7. The van der Waals surface area contributed by atoms with E-state index in [-0.39, 0.29) is 46.4 Å². The normalized spacial score (nSPS) is 12.9. The van der Waals surface area contributed by atoms with Crippen molar-refractivity contribution in [2.24, 2.45) is 0 Å². The van der Waals surface area contributed by atoms with Crippen molar-refractivity contribution in [1.82, 2.24) is 15.8 Å². The van der Waals surface area contributed by atoms with Gasteiger partial charge in [0.05, 0.1) is 49.0 Å². The van der Waals surface area contributed by atoms with E-state index in [1.165, 1.54) is 7.05 Å². The van der Waals surface area contributed by atoms with E-state index in [0.29, 0.717) is 0 Å². The number of rotatable bonds is 11. The number of nitrogens with zero attached hydrogens (tertiary/aromatic N) is 1. The summed E-state index contributed by atoms with van der Waals surface area (Å²) in [5.41, 5.74) is 2.82. The minimum Gasteiger partial charge on any atom is -0.394 e. The number of carbonyl (C=O) groups is 3. The lowest BCUT2D eigenvalue weighted by Gasteiger charge is -2.26. The predicted molar refractivity (Wildman–Crippen MR) is 138 cm³/mol. The second-order valence-corrected chi connectivity index (χ2v) is 9.65. The quantitative estimate of drug-likeness (QED) is 0.0788. The summed E-state index contributed by atoms with van der Waals surface area (Å²) in [7, 11) is 1.45. The molecule has 2 unspecified atom stereocenters. The Labute approximate surface area is 224 Å². The largest absolute Gasteiger partial charge is 0.394 e. The number of hydrogen-bond donors (Lipinski definition) is 6. The van der Waals surface area contributed by atoms with E-state index < -0.39 is 43.0 Å². The monoisotopic (exact) mass is 795 g/mol. The lowest BCUT2D eigenvalue weighted by atomic mass is 10.0. The van der Waals surface area contributed by atoms with Gasteiger partial charge in [-0.3, -0.25) is 19.4 Å². The number of benzene rings is 1. The van der Waals surface area contributed by atoms with Crippen LogP contribution in [0.4, 0.5) is 0 Å². The third kappa shape index (κ3) is 7.29. The molecule has 0 saturated heterocycles. The molecule has 0 aromatic heterocycles. The second-order valence-electron chi connectivity index (χ2n) is 6.15. The number of aliphatic hydroxyl groups is 4. The third-order valence-corrected chi connectivity index (χ3v) is 7.47. The highest BCUT2D eigenvalue weighted by Crippen LogP contribution is 2.33. The van der Waals surface area contributed by atoms with Gasteiger partial charge in [0, 0.05) is 29.9 Å². The van der Waals surface area contributed by atoms with Gasteiger partial charge in [0.2, 0.25) is 0 Å². The van der Waals surface area contributed by atoms with Gasteiger partial charge in [-0.2, -0.15) is 0 Å². The molecule has 0 aliphatic rings. The van der Waals surface area contributed by atoms with Crippen molar-refractivity contribution < 1.29 is 34.8 Å². The van der Waals surface area contributed by atoms with Gasteiger partial charge < -0.3 is 25.7 Å². The number of hydrazine groups is 1. The summed E-state index contributed by atoms with van der Waals surface area (Å²) in [6, 6.07) is 0. The first-order chi connectivity index (χ1) is 14.5. The molecule has 0 aliphatic heterocycles. The summed E-state index contributed by atoms with van der Waals surface area (Å²) in [5, 5.41) is 40.8. The third-order valence-electron chi connectivity index (χ3n) is 3.99. The summed E-state index contributed by atoms with van der Waals surface area (Å²) in [6.07, 6.45) is -2.38. The van der Waals surface area contributed by atoms with E-state index >= 15 is 0 Å². The van der Waals surface area contributed by atoms with Crippen molar-refractivity contribution in [2.45, 2.75) is 12.2 Å². The van der Waals surface area contributed by atoms with Crippen molar-refractivity contribution >= 4 is 97.0 Å². The number of halogens is 4. The molecule has 14 heteroatoms. The molecule has 2 amide bonds. The maximum Gasteiger partial charge on any atom is 0.270 e. The predicted octanol–water partition coefficient (Wildman–Crippen LogP) is -0.0653. The van der Waals surface area contributed by atoms with Crippen LogP contribution in [-0.4, -0.2) is 94.5 Å². The van der Waals surface area contributed by atoms with Crippen LogP contribution in [0.15, 0.2) is 0 Å². The number of carbonyl (C=O) groups excluding carboxylic acids is 3. The molecule has 1 aromatic rings. The summed E-state index contributed by atoms with van der Waals surface area (Å²) in [6.45, 7) is -1.60. The Morgan fingerprint density at radius 3 is 1.97 bits per heavy atom. The SMILES string of the molecule is CNN(CC(O)CO)C(=O)c1c(I)c(C(=O)CCl)c(I)c(C(=O)NCC(O)CO)c1I. The van der Waals surface area contributed by atoms with Crippen molar-refractivity contribution in [2.75, 3.05) is 39.2 Å². The van der Waals surface area contributed by atoms with Crippen LogP contribution in [0.3, 0.4) is 0 Å². The molecule has 6 N–H and O–H groups in total. The van der Waals surface area contributed by atoms with Crippen LogP contribution in [0.5, 0.6) is 0 Å². The molecule has 0 fully saturated rings. The van der Waals surface area contributed by atoms with Gasteiger partial charge in [0.1, 0.15) is 0 Å². The summed E-state index contributed by atoms with van der Waals surface area (Å²) >= 11 is 11.2. The zero-order chi connectivity index (χ0) is 23.9. The zero-order valence-electron chi connectivity index (χ0n) is 16.2. The fraction of sp³-hybridized carbons (Fsp3) is 0.471. The van der Waals surface area contributed by atoms with Gasteiger partial charge in [-0.1, -0.05) is 0 Å². The summed E-state index contributed by atoms with van der Waals surface area (Å²) in [4.78, 5) is 38.6. The number of aliphatic hydroxyl groups excluding tert-OH is 4. The van der Waals surface area contributed by atoms with Gasteiger partial charge >= 0.3 is 0 Å². The number of amides is 2. The van der Waals surface area contributed by atoms with Gasteiger partial charge in [-0.05, 0) is 67.8 Å². The minimum absolute atomic E-state index is 0.0438. The Morgan fingerprint density at radius 1 is 0.968 bits per heavy atom. The van der Waals surface area contributed by atoms with Crippen LogP contribution in [0.25, 0.3) is 0 Å². The Balaban J connectivity index is 3.65. The molecule has 1 rings (SSSR count). The standard InChI is InChI=1S/C17H21ClI3N3O7/c1-22-24(4-8(28)6-26)17(31)12-14(20)10(9(29)2-18)13(19)11(15(12)21)16(30)23-3-7(27)5-25/h7-8,22,25-28H,2-6H2,1H3,(H,23,30). The second kappa shape index (κ2) is 13.7. The fourth-order valence-electron chi connectivity index (χ4n) is 2.41. The number of Topliss-reactive ketones (excluding diaryl/α,β-unsaturated/α-hetero) is 1. The Kier molecular flexibility index (Phi) is 12.9. The maximum absolute atomic E-state index is 13.2. The van der Waals surface area contributed by atoms with Crippen LogP contribution in [0.2, 0.25) is 0 Å². The maximum atomic E-state index is 13.2. The molecule has 0 radical (unpaired) electrons. The molecule has 1 aromatic carbocycles. The van der Waals surface area contributed by atoms with E-state index in [0.717, 1.165) is 5.01 Å². The minimum atomic E-state index is -1.21. The zero-order valence-corrected chi connectivity index (χ0v) is 23.4. The molecule has 2 atom stereocenters. The molecule has 174 valence electrons. The Bertz CT molecular complexity index is 844. The van der Waals surface area contributed by atoms with Crippen molar-refractivity contribution in [1.29, 1.82) is 0 Å². The van der Waals surface area contributed by atoms with Gasteiger partial charge in [0.25, 0.3) is 11.8 Å². The molecule has 0 spiro atoms. The first-order valence-corrected chi connectivity index (χ1v) is 12.5. The molecule has 10 nitrogen and oxygen atoms in total. The first kappa shape index (κ1) is 29.1. The smallest absolute Gasteiger partial charge is 0.270 e. The van der Waals surface area contributed by atoms with Crippen LogP contribution >= 0.6 is 79.4 Å². The highest BCUT2D eigenvalue weighted by Gasteiger charge is 2.32. The van der Waals surface area contributed by atoms with E-state index in [2.05, 4.69) is 10.7 Å². The lowest BCUT2D eigenvalue weighted by molar-refractivity contribution is 0.0350. The van der Waals surface area contributed by atoms with Crippen molar-refractivity contribution in [3.05, 3.63) is 27.4 Å². The summed E-state index contributed by atoms with van der Waals surface area (Å²) in [5.74, 6) is -2.14. The number of nitrogens with one attached hydrogen (secondary N) is 2. The van der Waals surface area contributed by atoms with E-state index in [1.807, 2.05) is 67.8 Å². The van der Waals surface area contributed by atoms with Crippen LogP contribution in [0.1, 0.15) is 31.1 Å². The van der Waals surface area contributed by atoms with Gasteiger partial charge in [-0.15, -0.1) is 11.6 Å². The van der Waals surface area contributed by atoms with Crippen molar-refractivity contribution in [3.8, 4) is 0 Å². The average Bonchev–Trinajstić information content (AvgIpc) is 2.74. The molecule has 0 heterocycles. The molecule has 0 aliphatic carbocycles. The van der Waals surface area contributed by atoms with E-state index in [4.69, 9.17) is 21.8 Å². The Hall–Kier alpha value is 0.110. The van der Waals surface area contributed by atoms with E-state index in [1.54, 1.807) is 0 Å². The van der Waals surface area contributed by atoms with Gasteiger partial charge in [-0.25, -0.2) is 5.43 Å². The summed E-state index contributed by atoms with van der Waals surface area (Å²) < 4.78 is 0.820. The molecule has 0 bridgehead atoms.